The van der Waals surface area contributed by atoms with Gasteiger partial charge in [0, 0.05) is 19.3 Å². The molecule has 0 aromatic heterocycles. The van der Waals surface area contributed by atoms with Crippen molar-refractivity contribution in [3.8, 4) is 0 Å². The Morgan fingerprint density at radius 2 is 1.54 bits per heavy atom. The second-order valence-corrected chi connectivity index (χ2v) is 3.29. The maximum atomic E-state index is 12.6. The second-order valence-electron chi connectivity index (χ2n) is 3.29. The second kappa shape index (κ2) is 4.24. The maximum Gasteiger partial charge on any atom is 0.250 e. The van der Waals surface area contributed by atoms with Crippen LogP contribution in [0.5, 0.6) is 0 Å². The minimum absolute atomic E-state index is 0.518. The molecule has 0 saturated carbocycles. The molecule has 0 saturated heterocycles. The van der Waals surface area contributed by atoms with Crippen molar-refractivity contribution in [2.75, 3.05) is 0 Å². The van der Waals surface area contributed by atoms with E-state index in [2.05, 4.69) is 0 Å². The Hall–Kier alpha value is -0.350. The molecule has 0 spiro atoms. The molecular weight excluding hydrogens is 191 g/mol. The molecule has 0 rings (SSSR count). The molecule has 0 nitrogen and oxygen atoms in total. The average Bonchev–Trinajstić information content (AvgIpc) is 1.81. The van der Waals surface area contributed by atoms with Gasteiger partial charge in [0.15, 0.2) is 0 Å². The fourth-order valence-corrected chi connectivity index (χ4v) is 0.929. The predicted molar refractivity (Wildman–Crippen MR) is 40.0 cm³/mol. The zero-order chi connectivity index (χ0) is 10.7. The molecule has 0 amide bonds. The van der Waals surface area contributed by atoms with Crippen molar-refractivity contribution in [1.82, 2.24) is 0 Å². The van der Waals surface area contributed by atoms with Crippen LogP contribution < -0.4 is 0 Å². The van der Waals surface area contributed by atoms with Crippen molar-refractivity contribution in [2.24, 2.45) is 0 Å². The summed E-state index contributed by atoms with van der Waals surface area (Å²) in [4.78, 5) is 0. The van der Waals surface area contributed by atoms with Crippen LogP contribution in [0.25, 0.3) is 0 Å². The van der Waals surface area contributed by atoms with Crippen LogP contribution in [0.1, 0.15) is 33.1 Å². The van der Waals surface area contributed by atoms with E-state index in [1.54, 1.807) is 0 Å². The third-order valence-corrected chi connectivity index (χ3v) is 1.62. The number of hydrogen-bond donors (Lipinski definition) is 0. The van der Waals surface area contributed by atoms with E-state index in [4.69, 9.17) is 0 Å². The summed E-state index contributed by atoms with van der Waals surface area (Å²) in [7, 11) is 0. The molecule has 0 bridgehead atoms. The molecule has 0 aliphatic carbocycles. The van der Waals surface area contributed by atoms with Crippen molar-refractivity contribution in [1.29, 1.82) is 0 Å². The lowest BCUT2D eigenvalue weighted by atomic mass is 10.0. The van der Waals surface area contributed by atoms with E-state index >= 15 is 0 Å². The molecule has 0 N–H and O–H groups in total. The first-order valence-corrected chi connectivity index (χ1v) is 4.06. The Labute approximate surface area is 74.1 Å². The fraction of sp³-hybridized carbons (Fsp3) is 1.00. The van der Waals surface area contributed by atoms with Gasteiger partial charge in [-0.15, -0.1) is 0 Å². The van der Waals surface area contributed by atoms with Crippen LogP contribution in [0, 0.1) is 0 Å². The molecule has 0 heterocycles. The lowest BCUT2D eigenvalue weighted by Crippen LogP contribution is -2.25. The Kier molecular flexibility index (Phi) is 4.13. The van der Waals surface area contributed by atoms with Crippen LogP contribution in [0.3, 0.4) is 0 Å². The van der Waals surface area contributed by atoms with Crippen LogP contribution >= 0.6 is 0 Å². The highest BCUT2D eigenvalue weighted by Gasteiger charge is 2.35. The Morgan fingerprint density at radius 3 is 1.85 bits per heavy atom. The highest BCUT2D eigenvalue weighted by Crippen LogP contribution is 2.30. The lowest BCUT2D eigenvalue weighted by Gasteiger charge is -2.19. The third kappa shape index (κ3) is 6.78. The van der Waals surface area contributed by atoms with Crippen LogP contribution in [-0.2, 0) is 0 Å². The zero-order valence-electron chi connectivity index (χ0n) is 7.59. The summed E-state index contributed by atoms with van der Waals surface area (Å²) >= 11 is 0. The lowest BCUT2D eigenvalue weighted by molar-refractivity contribution is -0.0589. The van der Waals surface area contributed by atoms with Crippen LogP contribution in [-0.4, -0.2) is 18.0 Å². The van der Waals surface area contributed by atoms with Gasteiger partial charge in [0.05, 0.1) is 0 Å². The van der Waals surface area contributed by atoms with Crippen LogP contribution in [0.4, 0.5) is 22.0 Å². The summed E-state index contributed by atoms with van der Waals surface area (Å²) in [6.07, 6.45) is -4.92. The molecule has 1 atom stereocenters. The summed E-state index contributed by atoms with van der Waals surface area (Å²) in [6.45, 7) is 1.71. The zero-order valence-corrected chi connectivity index (χ0v) is 7.59. The third-order valence-electron chi connectivity index (χ3n) is 1.62. The molecule has 0 aromatic carbocycles. The summed E-state index contributed by atoms with van der Waals surface area (Å²) in [6, 6.07) is 0. The first kappa shape index (κ1) is 12.7. The van der Waals surface area contributed by atoms with Crippen LogP contribution in [0.2, 0.25) is 0 Å². The first-order chi connectivity index (χ1) is 5.66. The van der Waals surface area contributed by atoms with Gasteiger partial charge in [-0.25, -0.2) is 22.0 Å². The predicted octanol–water partition coefficient (Wildman–Crippen LogP) is 3.81. The van der Waals surface area contributed by atoms with Crippen molar-refractivity contribution in [3.05, 3.63) is 0 Å². The molecule has 0 fully saturated rings. The van der Waals surface area contributed by atoms with E-state index in [1.807, 2.05) is 0 Å². The normalized spacial score (nSPS) is 15.9. The van der Waals surface area contributed by atoms with Crippen molar-refractivity contribution < 1.29 is 22.0 Å². The Bertz CT molecular complexity index is 149. The molecular formula is C8H13F5. The smallest absolute Gasteiger partial charge is 0.247 e. The molecule has 5 heteroatoms. The largest absolute Gasteiger partial charge is 0.250 e. The van der Waals surface area contributed by atoms with E-state index in [1.165, 1.54) is 6.92 Å². The van der Waals surface area contributed by atoms with E-state index < -0.39 is 37.3 Å². The Morgan fingerprint density at radius 1 is 1.08 bits per heavy atom. The van der Waals surface area contributed by atoms with Gasteiger partial charge in [-0.3, -0.25) is 0 Å². The average molecular weight is 204 g/mol. The Balaban J connectivity index is 3.94. The molecule has 0 radical (unpaired) electrons. The van der Waals surface area contributed by atoms with Gasteiger partial charge in [0.1, 0.15) is 6.17 Å². The van der Waals surface area contributed by atoms with Crippen LogP contribution in [0.15, 0.2) is 0 Å². The molecule has 0 aliphatic heterocycles. The summed E-state index contributed by atoms with van der Waals surface area (Å²) < 4.78 is 61.9. The van der Waals surface area contributed by atoms with Crippen molar-refractivity contribution in [3.63, 3.8) is 0 Å². The van der Waals surface area contributed by atoms with Gasteiger partial charge >= 0.3 is 0 Å². The van der Waals surface area contributed by atoms with Gasteiger partial charge in [-0.2, -0.15) is 0 Å². The van der Waals surface area contributed by atoms with Gasteiger partial charge < -0.3 is 0 Å². The number of hydrogen-bond acceptors (Lipinski definition) is 0. The quantitative estimate of drug-likeness (QED) is 0.597. The standard InChI is InChI=1S/C8H13F5/c1-3-8(12,13)5-6(9)4-7(2,10)11/h6H,3-5H2,1-2H3. The van der Waals surface area contributed by atoms with E-state index in [9.17, 15) is 22.0 Å². The summed E-state index contributed by atoms with van der Waals surface area (Å²) in [5.74, 6) is -6.39. The van der Waals surface area contributed by atoms with Gasteiger partial charge in [-0.05, 0) is 6.92 Å². The highest BCUT2D eigenvalue weighted by molar-refractivity contribution is 4.74. The van der Waals surface area contributed by atoms with E-state index in [-0.39, 0.29) is 0 Å². The molecule has 0 aromatic rings. The molecule has 0 aliphatic rings. The molecule has 80 valence electrons. The van der Waals surface area contributed by atoms with E-state index in [0.717, 1.165) is 0 Å². The number of alkyl halides is 5. The summed E-state index contributed by atoms with van der Waals surface area (Å²) in [5.41, 5.74) is 0. The molecule has 1 unspecified atom stereocenters. The minimum atomic E-state index is -3.22. The fourth-order valence-electron chi connectivity index (χ4n) is 0.929. The first-order valence-electron chi connectivity index (χ1n) is 4.06. The van der Waals surface area contributed by atoms with Crippen molar-refractivity contribution >= 4 is 0 Å². The van der Waals surface area contributed by atoms with Gasteiger partial charge in [-0.1, -0.05) is 6.92 Å². The highest BCUT2D eigenvalue weighted by atomic mass is 19.3. The van der Waals surface area contributed by atoms with Crippen molar-refractivity contribution in [2.45, 2.75) is 51.1 Å². The maximum absolute atomic E-state index is 12.6. The SMILES string of the molecule is CCC(F)(F)CC(F)CC(C)(F)F. The monoisotopic (exact) mass is 204 g/mol. The van der Waals surface area contributed by atoms with Gasteiger partial charge in [0.2, 0.25) is 5.92 Å². The summed E-state index contributed by atoms with van der Waals surface area (Å²) in [5, 5.41) is 0. The number of halogens is 5. The molecule has 13 heavy (non-hydrogen) atoms. The number of rotatable bonds is 5. The minimum Gasteiger partial charge on any atom is -0.247 e. The topological polar surface area (TPSA) is 0 Å². The van der Waals surface area contributed by atoms with Gasteiger partial charge in [0.25, 0.3) is 5.92 Å². The van der Waals surface area contributed by atoms with E-state index in [0.29, 0.717) is 6.92 Å².